The van der Waals surface area contributed by atoms with Gasteiger partial charge in [-0.05, 0) is 53.6 Å². The first-order chi connectivity index (χ1) is 14.5. The summed E-state index contributed by atoms with van der Waals surface area (Å²) in [6.07, 6.45) is 0. The molecule has 0 amide bonds. The van der Waals surface area contributed by atoms with Crippen molar-refractivity contribution in [2.45, 2.75) is 16.4 Å². The summed E-state index contributed by atoms with van der Waals surface area (Å²) in [5.74, 6) is 0.731. The van der Waals surface area contributed by atoms with Gasteiger partial charge >= 0.3 is 0 Å². The summed E-state index contributed by atoms with van der Waals surface area (Å²) in [6.45, 7) is 0.413. The van der Waals surface area contributed by atoms with Gasteiger partial charge in [0, 0.05) is 5.56 Å². The van der Waals surface area contributed by atoms with Crippen LogP contribution < -0.4 is 4.74 Å². The van der Waals surface area contributed by atoms with Crippen molar-refractivity contribution in [3.05, 3.63) is 109 Å². The summed E-state index contributed by atoms with van der Waals surface area (Å²) in [7, 11) is -3.73. The normalized spacial score (nSPS) is 11.2. The highest BCUT2D eigenvalue weighted by Crippen LogP contribution is 2.32. The first-order valence-corrected chi connectivity index (χ1v) is 10.9. The van der Waals surface area contributed by atoms with E-state index < -0.39 is 9.84 Å². The third kappa shape index (κ3) is 4.21. The Kier molecular flexibility index (Phi) is 5.55. The SMILES string of the molecule is O=S(=O)(c1ccc(OCc2ccccc2)cc1)c1ccccc1-c1ccc(O)cc1. The molecule has 0 heterocycles. The van der Waals surface area contributed by atoms with Crippen LogP contribution in [0.15, 0.2) is 113 Å². The van der Waals surface area contributed by atoms with Crippen LogP contribution >= 0.6 is 0 Å². The second kappa shape index (κ2) is 8.43. The molecule has 0 radical (unpaired) electrons. The van der Waals surface area contributed by atoms with E-state index in [0.29, 0.717) is 17.9 Å². The lowest BCUT2D eigenvalue weighted by Crippen LogP contribution is -2.04. The monoisotopic (exact) mass is 416 g/mol. The number of phenols is 1. The zero-order valence-electron chi connectivity index (χ0n) is 16.1. The van der Waals surface area contributed by atoms with Gasteiger partial charge in [0.2, 0.25) is 9.84 Å². The van der Waals surface area contributed by atoms with Crippen molar-refractivity contribution in [2.75, 3.05) is 0 Å². The van der Waals surface area contributed by atoms with Gasteiger partial charge in [-0.2, -0.15) is 0 Å². The van der Waals surface area contributed by atoms with Gasteiger partial charge < -0.3 is 9.84 Å². The van der Waals surface area contributed by atoms with Crippen LogP contribution in [-0.2, 0) is 16.4 Å². The fourth-order valence-corrected chi connectivity index (χ4v) is 4.64. The second-order valence-corrected chi connectivity index (χ2v) is 8.71. The van der Waals surface area contributed by atoms with E-state index in [9.17, 15) is 13.5 Å². The third-order valence-corrected chi connectivity index (χ3v) is 6.57. The second-order valence-electron chi connectivity index (χ2n) is 6.79. The molecule has 0 aromatic heterocycles. The van der Waals surface area contributed by atoms with Crippen LogP contribution in [0.4, 0.5) is 0 Å². The van der Waals surface area contributed by atoms with E-state index in [0.717, 1.165) is 11.1 Å². The lowest BCUT2D eigenvalue weighted by Gasteiger charge is -2.12. The molecular weight excluding hydrogens is 396 g/mol. The highest BCUT2D eigenvalue weighted by molar-refractivity contribution is 7.91. The van der Waals surface area contributed by atoms with E-state index in [1.54, 1.807) is 60.7 Å². The van der Waals surface area contributed by atoms with Gasteiger partial charge in [-0.3, -0.25) is 0 Å². The van der Waals surface area contributed by atoms with Gasteiger partial charge in [0.05, 0.1) is 9.79 Å². The van der Waals surface area contributed by atoms with E-state index in [1.165, 1.54) is 12.1 Å². The molecule has 4 aromatic rings. The minimum absolute atomic E-state index is 0.130. The molecule has 0 fully saturated rings. The van der Waals surface area contributed by atoms with Crippen LogP contribution in [0.2, 0.25) is 0 Å². The maximum absolute atomic E-state index is 13.3. The summed E-state index contributed by atoms with van der Waals surface area (Å²) in [5.41, 5.74) is 2.34. The Bertz CT molecular complexity index is 1230. The Morgan fingerprint density at radius 3 is 2.03 bits per heavy atom. The highest BCUT2D eigenvalue weighted by Gasteiger charge is 2.21. The predicted octanol–water partition coefficient (Wildman–Crippen LogP) is 5.47. The summed E-state index contributed by atoms with van der Waals surface area (Å²) >= 11 is 0. The lowest BCUT2D eigenvalue weighted by molar-refractivity contribution is 0.306. The van der Waals surface area contributed by atoms with Crippen molar-refractivity contribution in [3.8, 4) is 22.6 Å². The fourth-order valence-electron chi connectivity index (χ4n) is 3.16. The number of benzene rings is 4. The van der Waals surface area contributed by atoms with Crippen molar-refractivity contribution in [1.82, 2.24) is 0 Å². The number of rotatable bonds is 6. The molecule has 4 nitrogen and oxygen atoms in total. The molecule has 30 heavy (non-hydrogen) atoms. The van der Waals surface area contributed by atoms with E-state index in [-0.39, 0.29) is 15.5 Å². The highest BCUT2D eigenvalue weighted by atomic mass is 32.2. The first-order valence-electron chi connectivity index (χ1n) is 9.44. The van der Waals surface area contributed by atoms with Crippen LogP contribution in [0.1, 0.15) is 5.56 Å². The lowest BCUT2D eigenvalue weighted by atomic mass is 10.1. The maximum Gasteiger partial charge on any atom is 0.207 e. The summed E-state index contributed by atoms with van der Waals surface area (Å²) in [6, 6.07) is 29.6. The number of aromatic hydroxyl groups is 1. The Balaban J connectivity index is 1.60. The number of sulfone groups is 1. The molecule has 0 atom stereocenters. The van der Waals surface area contributed by atoms with Crippen molar-refractivity contribution in [2.24, 2.45) is 0 Å². The average Bonchev–Trinajstić information content (AvgIpc) is 2.79. The molecule has 150 valence electrons. The average molecular weight is 416 g/mol. The summed E-state index contributed by atoms with van der Waals surface area (Å²) in [5, 5.41) is 9.52. The Morgan fingerprint density at radius 1 is 0.700 bits per heavy atom. The van der Waals surface area contributed by atoms with E-state index >= 15 is 0 Å². The molecule has 0 aliphatic carbocycles. The largest absolute Gasteiger partial charge is 0.508 e. The Morgan fingerprint density at radius 2 is 1.33 bits per heavy atom. The molecule has 5 heteroatoms. The van der Waals surface area contributed by atoms with Crippen LogP contribution in [0, 0.1) is 0 Å². The molecule has 0 saturated carbocycles. The van der Waals surface area contributed by atoms with Crippen LogP contribution in [0.25, 0.3) is 11.1 Å². The van der Waals surface area contributed by atoms with Gasteiger partial charge in [-0.1, -0.05) is 60.7 Å². The van der Waals surface area contributed by atoms with Gasteiger partial charge in [-0.15, -0.1) is 0 Å². The van der Waals surface area contributed by atoms with E-state index in [1.807, 2.05) is 30.3 Å². The zero-order chi connectivity index (χ0) is 21.0. The van der Waals surface area contributed by atoms with Gasteiger partial charge in [0.25, 0.3) is 0 Å². The molecule has 0 bridgehead atoms. The molecule has 4 rings (SSSR count). The molecule has 0 aliphatic rings. The topological polar surface area (TPSA) is 63.6 Å². The van der Waals surface area contributed by atoms with Crippen molar-refractivity contribution in [3.63, 3.8) is 0 Å². The smallest absolute Gasteiger partial charge is 0.207 e. The van der Waals surface area contributed by atoms with Crippen LogP contribution in [-0.4, -0.2) is 13.5 Å². The molecule has 1 N–H and O–H groups in total. The predicted molar refractivity (Wildman–Crippen MR) is 116 cm³/mol. The molecule has 0 aliphatic heterocycles. The number of ether oxygens (including phenoxy) is 1. The molecular formula is C25H20O4S. The zero-order valence-corrected chi connectivity index (χ0v) is 16.9. The summed E-state index contributed by atoms with van der Waals surface area (Å²) in [4.78, 5) is 0.412. The third-order valence-electron chi connectivity index (χ3n) is 4.74. The van der Waals surface area contributed by atoms with Crippen molar-refractivity contribution in [1.29, 1.82) is 0 Å². The van der Waals surface area contributed by atoms with Gasteiger partial charge in [0.1, 0.15) is 18.1 Å². The minimum atomic E-state index is -3.73. The molecule has 0 unspecified atom stereocenters. The molecule has 0 spiro atoms. The van der Waals surface area contributed by atoms with Crippen LogP contribution in [0.3, 0.4) is 0 Å². The van der Waals surface area contributed by atoms with Gasteiger partial charge in [0.15, 0.2) is 0 Å². The summed E-state index contributed by atoms with van der Waals surface area (Å²) < 4.78 is 32.3. The van der Waals surface area contributed by atoms with Crippen molar-refractivity contribution >= 4 is 9.84 Å². The van der Waals surface area contributed by atoms with E-state index in [2.05, 4.69) is 0 Å². The fraction of sp³-hybridized carbons (Fsp3) is 0.0400. The number of phenolic OH excluding ortho intramolecular Hbond substituents is 1. The van der Waals surface area contributed by atoms with Gasteiger partial charge in [-0.25, -0.2) is 8.42 Å². The van der Waals surface area contributed by atoms with Crippen molar-refractivity contribution < 1.29 is 18.3 Å². The Hall–Kier alpha value is -3.57. The first kappa shape index (κ1) is 19.7. The maximum atomic E-state index is 13.3. The Labute approximate surface area is 176 Å². The van der Waals surface area contributed by atoms with E-state index in [4.69, 9.17) is 4.74 Å². The number of hydrogen-bond donors (Lipinski definition) is 1. The number of hydrogen-bond acceptors (Lipinski definition) is 4. The van der Waals surface area contributed by atoms with Crippen LogP contribution in [0.5, 0.6) is 11.5 Å². The molecule has 4 aromatic carbocycles. The minimum Gasteiger partial charge on any atom is -0.508 e. The molecule has 0 saturated heterocycles. The standard InChI is InChI=1S/C25H20O4S/c26-21-12-10-20(11-13-21)24-8-4-5-9-25(24)30(27,28)23-16-14-22(15-17-23)29-18-19-6-2-1-3-7-19/h1-17,26H,18H2. The quantitative estimate of drug-likeness (QED) is 0.453.